The molecule has 4 saturated heterocycles. The number of nitrogens with zero attached hydrogens (tertiary/aromatic N) is 4. The van der Waals surface area contributed by atoms with Crippen LogP contribution in [0.15, 0.2) is 78.9 Å². The summed E-state index contributed by atoms with van der Waals surface area (Å²) in [5.74, 6) is -2.44. The molecule has 66 heavy (non-hydrogen) atoms. The Morgan fingerprint density at radius 1 is 0.606 bits per heavy atom. The Bertz CT molecular complexity index is 2280. The van der Waals surface area contributed by atoms with Crippen molar-refractivity contribution < 1.29 is 64.2 Å². The van der Waals surface area contributed by atoms with Crippen LogP contribution in [0.25, 0.3) is 0 Å². The highest BCUT2D eigenvalue weighted by Crippen LogP contribution is 2.39. The molecule has 19 heteroatoms. The van der Waals surface area contributed by atoms with Crippen LogP contribution < -0.4 is 4.74 Å². The van der Waals surface area contributed by atoms with Crippen LogP contribution in [0.1, 0.15) is 65.5 Å². The number of amides is 4. The van der Waals surface area contributed by atoms with Crippen molar-refractivity contribution in [3.8, 4) is 5.75 Å². The topological polar surface area (TPSA) is 171 Å². The van der Waals surface area contributed by atoms with Crippen molar-refractivity contribution in [1.82, 2.24) is 19.6 Å². The van der Waals surface area contributed by atoms with E-state index in [0.717, 1.165) is 29.5 Å². The fourth-order valence-electron chi connectivity index (χ4n) is 8.78. The SMILES string of the molecule is CC(C)(C)OC(=O)N1CC[C@@H]2[C@H]1[C@@H](COS(C)(=O)=O)CN2C(=O)OCc1ccccc1.CC(C)(C)OC(=O)N1CC[C@@H]2[C@H]1[C@@H](COc1ccc(F)c(F)c1)CN2C(=O)OCc1ccccc1. The summed E-state index contributed by atoms with van der Waals surface area (Å²) in [4.78, 5) is 57.9. The molecule has 4 fully saturated rings. The number of hydrogen-bond donors (Lipinski definition) is 0. The standard InChI is InChI=1S/C26H30F2N2O5.C21H30N2O7S/c1-26(2,3)35-25(32)29-12-11-22-23(29)18(16-33-19-9-10-20(27)21(28)13-19)14-30(22)24(31)34-15-17-7-5-4-6-8-17;1-21(2,3)30-20(25)22-11-10-17-18(22)16(14-29-31(4,26)27)12-23(17)19(24)28-13-15-8-6-5-7-9-15/h4-10,13,18,22-23H,11-12,14-16H2,1-3H3;5-9,16-18H,10-14H2,1-4H3/t18-,22-,23-;16-,17-,18-/m11/s1. The van der Waals surface area contributed by atoms with Crippen molar-refractivity contribution in [2.45, 2.75) is 103 Å². The van der Waals surface area contributed by atoms with Crippen molar-refractivity contribution in [2.24, 2.45) is 11.8 Å². The number of likely N-dealkylation sites (tertiary alicyclic amines) is 4. The minimum atomic E-state index is -3.66. The highest BCUT2D eigenvalue weighted by molar-refractivity contribution is 7.85. The van der Waals surface area contributed by atoms with E-state index < -0.39 is 63.4 Å². The number of hydrogen-bond acceptors (Lipinski definition) is 12. The second kappa shape index (κ2) is 20.9. The Labute approximate surface area is 385 Å². The zero-order valence-electron chi connectivity index (χ0n) is 38.4. The maximum Gasteiger partial charge on any atom is 0.410 e. The molecule has 0 aliphatic carbocycles. The molecule has 0 unspecified atom stereocenters. The van der Waals surface area contributed by atoms with Gasteiger partial charge in [0.1, 0.15) is 30.2 Å². The molecular formula is C47H60F2N4O12S. The molecule has 4 amide bonds. The minimum absolute atomic E-state index is 0.105. The molecule has 4 aliphatic rings. The van der Waals surface area contributed by atoms with Gasteiger partial charge < -0.3 is 43.3 Å². The van der Waals surface area contributed by atoms with Gasteiger partial charge in [0.05, 0.1) is 43.6 Å². The zero-order valence-corrected chi connectivity index (χ0v) is 39.2. The van der Waals surface area contributed by atoms with Crippen LogP contribution in [-0.4, -0.2) is 133 Å². The number of ether oxygens (including phenoxy) is 5. The Morgan fingerprint density at radius 3 is 1.45 bits per heavy atom. The third kappa shape index (κ3) is 13.2. The lowest BCUT2D eigenvalue weighted by Crippen LogP contribution is -2.46. The second-order valence-corrected chi connectivity index (χ2v) is 20.5. The number of fused-ring (bicyclic) bond motifs is 2. The van der Waals surface area contributed by atoms with Crippen molar-refractivity contribution in [1.29, 1.82) is 0 Å². The van der Waals surface area contributed by atoms with Gasteiger partial charge in [-0.2, -0.15) is 8.42 Å². The Hall–Kier alpha value is -5.69. The van der Waals surface area contributed by atoms with Gasteiger partial charge in [-0.1, -0.05) is 60.7 Å². The Morgan fingerprint density at radius 2 is 1.05 bits per heavy atom. The third-order valence-electron chi connectivity index (χ3n) is 11.5. The zero-order chi connectivity index (χ0) is 48.0. The predicted octanol–water partition coefficient (Wildman–Crippen LogP) is 7.60. The van der Waals surface area contributed by atoms with E-state index in [1.54, 1.807) is 61.1 Å². The summed E-state index contributed by atoms with van der Waals surface area (Å²) in [7, 11) is -3.66. The molecule has 360 valence electrons. The molecule has 0 aromatic heterocycles. The predicted molar refractivity (Wildman–Crippen MR) is 237 cm³/mol. The van der Waals surface area contributed by atoms with Gasteiger partial charge >= 0.3 is 24.4 Å². The monoisotopic (exact) mass is 942 g/mol. The fourth-order valence-corrected chi connectivity index (χ4v) is 9.20. The van der Waals surface area contributed by atoms with E-state index in [0.29, 0.717) is 32.5 Å². The fraction of sp³-hybridized carbons (Fsp3) is 0.532. The number of carbonyl (C=O) groups excluding carboxylic acids is 4. The highest BCUT2D eigenvalue weighted by atomic mass is 32.2. The van der Waals surface area contributed by atoms with Crippen molar-refractivity contribution >= 4 is 34.5 Å². The summed E-state index contributed by atoms with van der Waals surface area (Å²) in [6.45, 7) is 12.3. The van der Waals surface area contributed by atoms with E-state index >= 15 is 0 Å². The molecule has 6 atom stereocenters. The number of rotatable bonds is 10. The molecule has 3 aromatic carbocycles. The van der Waals surface area contributed by atoms with Crippen molar-refractivity contribution in [3.63, 3.8) is 0 Å². The smallest absolute Gasteiger partial charge is 0.410 e. The number of halogens is 2. The van der Waals surface area contributed by atoms with E-state index in [9.17, 15) is 36.4 Å². The highest BCUT2D eigenvalue weighted by Gasteiger charge is 2.54. The van der Waals surface area contributed by atoms with E-state index in [4.69, 9.17) is 27.9 Å². The summed E-state index contributed by atoms with van der Waals surface area (Å²) in [5.41, 5.74) is 0.405. The number of benzene rings is 3. The van der Waals surface area contributed by atoms with E-state index in [1.807, 2.05) is 60.7 Å². The number of carbonyl (C=O) groups is 4. The first-order valence-electron chi connectivity index (χ1n) is 21.9. The summed E-state index contributed by atoms with van der Waals surface area (Å²) in [6, 6.07) is 20.7. The molecule has 16 nitrogen and oxygen atoms in total. The van der Waals surface area contributed by atoms with Gasteiger partial charge in [0.2, 0.25) is 0 Å². The lowest BCUT2D eigenvalue weighted by Gasteiger charge is -2.30. The van der Waals surface area contributed by atoms with E-state index in [-0.39, 0.29) is 68.7 Å². The molecule has 3 aromatic rings. The molecule has 0 spiro atoms. The van der Waals surface area contributed by atoms with Gasteiger partial charge in [-0.25, -0.2) is 28.0 Å². The average molecular weight is 943 g/mol. The second-order valence-electron chi connectivity index (χ2n) is 18.8. The van der Waals surface area contributed by atoms with Crippen LogP contribution in [-0.2, 0) is 46.5 Å². The minimum Gasteiger partial charge on any atom is -0.493 e. The summed E-state index contributed by atoms with van der Waals surface area (Å²) < 4.78 is 82.9. The molecule has 0 N–H and O–H groups in total. The van der Waals surface area contributed by atoms with Gasteiger partial charge in [-0.3, -0.25) is 4.18 Å². The summed E-state index contributed by atoms with van der Waals surface area (Å²) in [6.07, 6.45) is 0.209. The van der Waals surface area contributed by atoms with Crippen molar-refractivity contribution in [3.05, 3.63) is 102 Å². The molecule has 0 bridgehead atoms. The first-order valence-corrected chi connectivity index (χ1v) is 23.7. The lowest BCUT2D eigenvalue weighted by molar-refractivity contribution is 0.0162. The normalized spacial score (nSPS) is 22.5. The molecule has 0 saturated carbocycles. The van der Waals surface area contributed by atoms with Crippen LogP contribution in [0.2, 0.25) is 0 Å². The van der Waals surface area contributed by atoms with E-state index in [1.165, 1.54) is 6.07 Å². The van der Waals surface area contributed by atoms with Crippen LogP contribution in [0.5, 0.6) is 5.75 Å². The quantitative estimate of drug-likeness (QED) is 0.144. The van der Waals surface area contributed by atoms with Gasteiger partial charge in [0.15, 0.2) is 11.6 Å². The molecular weight excluding hydrogens is 883 g/mol. The van der Waals surface area contributed by atoms with E-state index in [2.05, 4.69) is 0 Å². The van der Waals surface area contributed by atoms with Gasteiger partial charge in [0, 0.05) is 44.1 Å². The van der Waals surface area contributed by atoms with Crippen LogP contribution in [0, 0.1) is 23.5 Å². The van der Waals surface area contributed by atoms with Crippen LogP contribution in [0.4, 0.5) is 28.0 Å². The van der Waals surface area contributed by atoms with Crippen LogP contribution >= 0.6 is 0 Å². The summed E-state index contributed by atoms with van der Waals surface area (Å²) >= 11 is 0. The average Bonchev–Trinajstić information content (AvgIpc) is 4.03. The molecule has 4 aliphatic heterocycles. The molecule has 0 radical (unpaired) electrons. The molecule has 7 rings (SSSR count). The maximum atomic E-state index is 13.6. The first kappa shape index (κ1) is 49.7. The van der Waals surface area contributed by atoms with Crippen LogP contribution in [0.3, 0.4) is 0 Å². The Balaban J connectivity index is 0.000000220. The first-order chi connectivity index (χ1) is 31.1. The van der Waals surface area contributed by atoms with Gasteiger partial charge in [-0.15, -0.1) is 0 Å². The largest absolute Gasteiger partial charge is 0.493 e. The van der Waals surface area contributed by atoms with Gasteiger partial charge in [-0.05, 0) is 77.6 Å². The maximum absolute atomic E-state index is 13.6. The molecule has 4 heterocycles. The van der Waals surface area contributed by atoms with Crippen molar-refractivity contribution in [2.75, 3.05) is 45.6 Å². The summed E-state index contributed by atoms with van der Waals surface area (Å²) in [5, 5.41) is 0. The Kier molecular flexibility index (Phi) is 15.7. The third-order valence-corrected chi connectivity index (χ3v) is 12.0. The van der Waals surface area contributed by atoms with Gasteiger partial charge in [0.25, 0.3) is 10.1 Å². The lowest BCUT2D eigenvalue weighted by atomic mass is 10.0.